The SMILES string of the molecule is COC(=O)NC(C(=O)N1C(C(=O)NCC(=O)c2ccc(-c3ccc(-c4cnc([C@@H]5CCCN5C(=O)[C@@H](NC(=O)OC)C(C)C)[nH]4)cc3)cc2)CCC12CCOCC2)C(C)C. The summed E-state index contributed by atoms with van der Waals surface area (Å²) in [4.78, 5) is 90.3. The van der Waals surface area contributed by atoms with Crippen LogP contribution in [0.15, 0.2) is 54.7 Å². The van der Waals surface area contributed by atoms with Crippen LogP contribution < -0.4 is 16.0 Å². The van der Waals surface area contributed by atoms with Crippen LogP contribution in [-0.2, 0) is 28.6 Å². The minimum atomic E-state index is -0.894. The normalized spacial score (nSPS) is 19.5. The van der Waals surface area contributed by atoms with Gasteiger partial charge in [-0.25, -0.2) is 14.6 Å². The monoisotopic (exact) mass is 827 g/mol. The third kappa shape index (κ3) is 9.48. The third-order valence-electron chi connectivity index (χ3n) is 12.1. The second kappa shape index (κ2) is 19.1. The summed E-state index contributed by atoms with van der Waals surface area (Å²) in [5.74, 6) is -0.915. The molecular formula is C44H57N7O9. The van der Waals surface area contributed by atoms with Gasteiger partial charge in [0.15, 0.2) is 5.78 Å². The highest BCUT2D eigenvalue weighted by molar-refractivity contribution is 6.01. The number of nitrogens with one attached hydrogen (secondary N) is 4. The van der Waals surface area contributed by atoms with Gasteiger partial charge >= 0.3 is 12.2 Å². The fourth-order valence-corrected chi connectivity index (χ4v) is 8.64. The minimum Gasteiger partial charge on any atom is -0.453 e. The summed E-state index contributed by atoms with van der Waals surface area (Å²) in [6, 6.07) is 12.4. The highest BCUT2D eigenvalue weighted by atomic mass is 16.5. The van der Waals surface area contributed by atoms with E-state index in [1.807, 2.05) is 64.1 Å². The molecule has 16 heteroatoms. The number of amides is 5. The topological polar surface area (TPSA) is 201 Å². The number of alkyl carbamates (subject to hydrolysis) is 2. The molecule has 3 fully saturated rings. The largest absolute Gasteiger partial charge is 0.453 e. The first-order valence-electron chi connectivity index (χ1n) is 20.7. The van der Waals surface area contributed by atoms with Crippen molar-refractivity contribution in [1.29, 1.82) is 0 Å². The zero-order valence-corrected chi connectivity index (χ0v) is 35.2. The number of carbonyl (C=O) groups is 6. The van der Waals surface area contributed by atoms with Crippen molar-refractivity contribution in [3.8, 4) is 22.4 Å². The van der Waals surface area contributed by atoms with Crippen LogP contribution in [0.2, 0.25) is 0 Å². The maximum atomic E-state index is 14.1. The molecule has 1 spiro atoms. The lowest BCUT2D eigenvalue weighted by molar-refractivity contribution is -0.149. The zero-order chi connectivity index (χ0) is 43.1. The van der Waals surface area contributed by atoms with Crippen molar-refractivity contribution in [1.82, 2.24) is 35.7 Å². The van der Waals surface area contributed by atoms with Crippen molar-refractivity contribution in [2.45, 2.75) is 95.9 Å². The van der Waals surface area contributed by atoms with E-state index in [2.05, 4.69) is 25.9 Å². The molecule has 6 rings (SSSR count). The van der Waals surface area contributed by atoms with Gasteiger partial charge in [0.2, 0.25) is 17.7 Å². The predicted octanol–water partition coefficient (Wildman–Crippen LogP) is 5.01. The smallest absolute Gasteiger partial charge is 0.407 e. The van der Waals surface area contributed by atoms with Gasteiger partial charge in [-0.05, 0) is 67.1 Å². The predicted molar refractivity (Wildman–Crippen MR) is 221 cm³/mol. The first-order chi connectivity index (χ1) is 28.8. The first kappa shape index (κ1) is 43.8. The number of hydrogen-bond acceptors (Lipinski definition) is 10. The van der Waals surface area contributed by atoms with E-state index in [0.717, 1.165) is 35.2 Å². The van der Waals surface area contributed by atoms with Crippen LogP contribution in [0.25, 0.3) is 22.4 Å². The van der Waals surface area contributed by atoms with Crippen LogP contribution in [0.5, 0.6) is 0 Å². The molecule has 0 bridgehead atoms. The highest BCUT2D eigenvalue weighted by Crippen LogP contribution is 2.42. The summed E-state index contributed by atoms with van der Waals surface area (Å²) in [5.41, 5.74) is 3.40. The maximum absolute atomic E-state index is 14.1. The van der Waals surface area contributed by atoms with Crippen LogP contribution in [-0.4, -0.2) is 120 Å². The molecule has 2 aromatic carbocycles. The van der Waals surface area contributed by atoms with Gasteiger partial charge in [-0.2, -0.15) is 0 Å². The molecule has 4 atom stereocenters. The Morgan fingerprint density at radius 3 is 1.95 bits per heavy atom. The molecule has 4 heterocycles. The lowest BCUT2D eigenvalue weighted by atomic mass is 9.86. The molecule has 3 saturated heterocycles. The molecule has 0 saturated carbocycles. The highest BCUT2D eigenvalue weighted by Gasteiger charge is 2.53. The summed E-state index contributed by atoms with van der Waals surface area (Å²) in [6.45, 7) is 8.66. The number of aromatic nitrogens is 2. The zero-order valence-electron chi connectivity index (χ0n) is 35.2. The number of carbonyl (C=O) groups excluding carboxylic acids is 6. The van der Waals surface area contributed by atoms with E-state index in [4.69, 9.17) is 14.2 Å². The van der Waals surface area contributed by atoms with Gasteiger partial charge in [-0.3, -0.25) is 19.2 Å². The molecule has 1 aromatic heterocycles. The minimum absolute atomic E-state index is 0.129. The quantitative estimate of drug-likeness (QED) is 0.170. The number of nitrogens with zero attached hydrogens (tertiary/aromatic N) is 3. The van der Waals surface area contributed by atoms with Crippen molar-refractivity contribution in [2.24, 2.45) is 11.8 Å². The Kier molecular flexibility index (Phi) is 13.9. The van der Waals surface area contributed by atoms with E-state index in [0.29, 0.717) is 56.8 Å². The standard InChI is InChI=1S/C44H57N7O9/c1-26(2)36(48-42(56)58-5)40(54)50-21-7-8-33(50)38-45-24-32(47-38)30-13-9-28(10-14-30)29-11-15-31(16-12-29)35(52)25-46-39(53)34-17-18-44(19-22-60-23-20-44)51(34)41(55)37(27(3)4)49-43(57)59-6/h9-16,24,26-27,33-34,36-37H,7-8,17-23,25H2,1-6H3,(H,45,47)(H,46,53)(H,48,56)(H,49,57)/t33-,34?,36-,37?/m0/s1. The number of ketones is 1. The number of aromatic amines is 1. The van der Waals surface area contributed by atoms with Crippen molar-refractivity contribution in [2.75, 3.05) is 40.5 Å². The van der Waals surface area contributed by atoms with Gasteiger partial charge in [-0.1, -0.05) is 76.2 Å². The van der Waals surface area contributed by atoms with Gasteiger partial charge in [-0.15, -0.1) is 0 Å². The van der Waals surface area contributed by atoms with Crippen LogP contribution in [0, 0.1) is 11.8 Å². The number of rotatable bonds is 13. The number of ether oxygens (including phenoxy) is 3. The molecule has 0 aliphatic carbocycles. The van der Waals surface area contributed by atoms with Crippen LogP contribution in [0.4, 0.5) is 9.59 Å². The summed E-state index contributed by atoms with van der Waals surface area (Å²) < 4.78 is 15.1. The Bertz CT molecular complexity index is 2020. The van der Waals surface area contributed by atoms with Gasteiger partial charge < -0.3 is 44.9 Å². The van der Waals surface area contributed by atoms with Gasteiger partial charge in [0.1, 0.15) is 23.9 Å². The lowest BCUT2D eigenvalue weighted by Gasteiger charge is -2.45. The molecule has 2 unspecified atom stereocenters. The maximum Gasteiger partial charge on any atom is 0.407 e. The Morgan fingerprint density at radius 2 is 1.37 bits per heavy atom. The van der Waals surface area contributed by atoms with E-state index in [1.54, 1.807) is 28.1 Å². The van der Waals surface area contributed by atoms with E-state index >= 15 is 0 Å². The number of H-pyrrole nitrogens is 1. The van der Waals surface area contributed by atoms with Crippen LogP contribution in [0.3, 0.4) is 0 Å². The van der Waals surface area contributed by atoms with Crippen LogP contribution in [0.1, 0.15) is 88.4 Å². The van der Waals surface area contributed by atoms with Crippen molar-refractivity contribution in [3.05, 3.63) is 66.1 Å². The molecule has 3 aliphatic rings. The van der Waals surface area contributed by atoms with E-state index in [9.17, 15) is 28.8 Å². The van der Waals surface area contributed by atoms with Gasteiger partial charge in [0, 0.05) is 30.9 Å². The molecule has 3 aliphatic heterocycles. The average molecular weight is 828 g/mol. The molecule has 60 heavy (non-hydrogen) atoms. The fraction of sp³-hybridized carbons (Fsp3) is 0.523. The molecule has 0 radical (unpaired) electrons. The number of likely N-dealkylation sites (tertiary alicyclic amines) is 2. The van der Waals surface area contributed by atoms with Crippen LogP contribution >= 0.6 is 0 Å². The number of Topliss-reactive ketones (excluding diaryl/α,β-unsaturated/α-hetero) is 1. The Hall–Kier alpha value is -5.77. The number of benzene rings is 2. The summed E-state index contributed by atoms with van der Waals surface area (Å²) >= 11 is 0. The molecule has 16 nitrogen and oxygen atoms in total. The van der Waals surface area contributed by atoms with E-state index in [-0.39, 0.29) is 42.0 Å². The third-order valence-corrected chi connectivity index (χ3v) is 12.1. The lowest BCUT2D eigenvalue weighted by Crippen LogP contribution is -2.62. The second-order valence-corrected chi connectivity index (χ2v) is 16.5. The molecular weight excluding hydrogens is 771 g/mol. The molecule has 3 aromatic rings. The van der Waals surface area contributed by atoms with Crippen molar-refractivity contribution < 1.29 is 43.0 Å². The Morgan fingerprint density at radius 1 is 0.800 bits per heavy atom. The number of imidazole rings is 1. The first-order valence-corrected chi connectivity index (χ1v) is 20.7. The Labute approximate surface area is 350 Å². The average Bonchev–Trinajstić information content (AvgIpc) is 4.03. The van der Waals surface area contributed by atoms with E-state index < -0.39 is 41.8 Å². The van der Waals surface area contributed by atoms with Crippen molar-refractivity contribution >= 4 is 35.7 Å². The van der Waals surface area contributed by atoms with Gasteiger partial charge in [0.25, 0.3) is 0 Å². The number of methoxy groups -OCH3 is 2. The Balaban J connectivity index is 1.07. The second-order valence-electron chi connectivity index (χ2n) is 16.5. The molecule has 5 amide bonds. The molecule has 4 N–H and O–H groups in total. The van der Waals surface area contributed by atoms with Gasteiger partial charge in [0.05, 0.1) is 38.7 Å². The molecule has 322 valence electrons. The summed E-state index contributed by atoms with van der Waals surface area (Å²) in [7, 11) is 2.51. The summed E-state index contributed by atoms with van der Waals surface area (Å²) in [5, 5.41) is 8.12. The fourth-order valence-electron chi connectivity index (χ4n) is 8.64. The van der Waals surface area contributed by atoms with E-state index in [1.165, 1.54) is 14.2 Å². The number of hydrogen-bond donors (Lipinski definition) is 4. The van der Waals surface area contributed by atoms with Crippen molar-refractivity contribution in [3.63, 3.8) is 0 Å². The summed E-state index contributed by atoms with van der Waals surface area (Å²) in [6.07, 6.45) is 4.15.